The molecule has 0 saturated carbocycles. The average molecular weight is 319 g/mol. The van der Waals surface area contributed by atoms with Gasteiger partial charge in [-0.05, 0) is 0 Å². The number of carbonyl (C=O) groups is 6. The predicted octanol–water partition coefficient (Wildman–Crippen LogP) is -6.70. The number of amides is 3. The molecule has 0 aliphatic carbocycles. The number of rotatable bonds is 3. The summed E-state index contributed by atoms with van der Waals surface area (Å²) in [6.07, 6.45) is 0. The summed E-state index contributed by atoms with van der Waals surface area (Å²) in [5, 5.41) is 0. The molecule has 112 valence electrons. The van der Waals surface area contributed by atoms with Crippen LogP contribution in [0.5, 0.6) is 0 Å². The third-order valence-corrected chi connectivity index (χ3v) is 2.36. The van der Waals surface area contributed by atoms with E-state index < -0.39 is 43.5 Å². The van der Waals surface area contributed by atoms with E-state index in [1.807, 2.05) is 0 Å². The normalized spacial score (nSPS) is 9.52. The molecule has 15 heteroatoms. The van der Waals surface area contributed by atoms with Gasteiger partial charge in [0, 0.05) is 0 Å². The van der Waals surface area contributed by atoms with Gasteiger partial charge in [0.15, 0.2) is 0 Å². The van der Waals surface area contributed by atoms with Crippen molar-refractivity contribution in [2.75, 3.05) is 0 Å². The van der Waals surface area contributed by atoms with Crippen LogP contribution in [0.4, 0.5) is 0 Å². The van der Waals surface area contributed by atoms with Gasteiger partial charge < -0.3 is 32.2 Å². The number of hydrogen-bond donors (Lipinski definition) is 3. The van der Waals surface area contributed by atoms with Gasteiger partial charge in [0.1, 0.15) is 0 Å². The summed E-state index contributed by atoms with van der Waals surface area (Å²) in [6.45, 7) is 0. The molecule has 0 rings (SSSR count). The molecule has 0 aromatic heterocycles. The second-order valence-electron chi connectivity index (χ2n) is 2.68. The van der Waals surface area contributed by atoms with Crippen LogP contribution in [-0.4, -0.2) is 35.6 Å². The molecule has 3 amide bonds. The van der Waals surface area contributed by atoms with Crippen molar-refractivity contribution in [3.05, 3.63) is 0 Å². The van der Waals surface area contributed by atoms with Crippen molar-refractivity contribution >= 4 is 43.5 Å². The second kappa shape index (κ2) is 8.05. The van der Waals surface area contributed by atoms with Crippen LogP contribution in [0.15, 0.2) is 0 Å². The standard InChI is InChI=1S/C6H6N3O10P.Li.H/c7-1(10)4(13)17-20(16,18-5(14)2(8)11)19-6(15)3(9)12;;/h(H2,7,10)(H2,8,11)(H2,9,12);;/q;+1;-1. The first-order valence-corrected chi connectivity index (χ1v) is 5.64. The minimum absolute atomic E-state index is 0. The number of phosphoric acid groups is 1. The Balaban J connectivity index is -0.00000180. The first kappa shape index (κ1) is 21.0. The van der Waals surface area contributed by atoms with E-state index >= 15 is 0 Å². The molecule has 21 heavy (non-hydrogen) atoms. The summed E-state index contributed by atoms with van der Waals surface area (Å²) in [4.78, 5) is 63.5. The summed E-state index contributed by atoms with van der Waals surface area (Å²) in [7, 11) is -5.50. The van der Waals surface area contributed by atoms with Crippen LogP contribution in [0, 0.1) is 0 Å². The SMILES string of the molecule is NC(=O)C(=O)OP(=O)(OC(=O)C(N)=O)OC(=O)C(N)=O.[H-].[Li+]. The van der Waals surface area contributed by atoms with Crippen LogP contribution in [0.25, 0.3) is 0 Å². The molecule has 0 spiro atoms. The van der Waals surface area contributed by atoms with Crippen LogP contribution in [-0.2, 0) is 46.9 Å². The van der Waals surface area contributed by atoms with Crippen LogP contribution < -0.4 is 36.1 Å². The van der Waals surface area contributed by atoms with E-state index in [1.165, 1.54) is 0 Å². The largest absolute Gasteiger partial charge is 1.00 e. The van der Waals surface area contributed by atoms with E-state index in [4.69, 9.17) is 0 Å². The van der Waals surface area contributed by atoms with Crippen LogP contribution in [0.2, 0.25) is 0 Å². The minimum Gasteiger partial charge on any atom is -1.00 e. The van der Waals surface area contributed by atoms with Gasteiger partial charge in [-0.25, -0.2) is 14.4 Å². The number of hydrogen-bond acceptors (Lipinski definition) is 10. The molecule has 0 bridgehead atoms. The van der Waals surface area contributed by atoms with Crippen molar-refractivity contribution in [2.24, 2.45) is 17.2 Å². The summed E-state index contributed by atoms with van der Waals surface area (Å²) in [5.41, 5.74) is 13.3. The van der Waals surface area contributed by atoms with Crippen molar-refractivity contribution in [3.8, 4) is 0 Å². The summed E-state index contributed by atoms with van der Waals surface area (Å²) in [6, 6.07) is 0. The molecule has 0 saturated heterocycles. The molecule has 0 aromatic carbocycles. The van der Waals surface area contributed by atoms with Gasteiger partial charge >= 0.3 is 62.3 Å². The number of carbonyl (C=O) groups excluding carboxylic acids is 6. The molecule has 0 unspecified atom stereocenters. The van der Waals surface area contributed by atoms with E-state index in [2.05, 4.69) is 30.8 Å². The van der Waals surface area contributed by atoms with E-state index in [-0.39, 0.29) is 20.3 Å². The van der Waals surface area contributed by atoms with E-state index in [0.717, 1.165) is 0 Å². The van der Waals surface area contributed by atoms with E-state index in [9.17, 15) is 33.3 Å². The maximum atomic E-state index is 11.6. The van der Waals surface area contributed by atoms with Crippen LogP contribution in [0.3, 0.4) is 0 Å². The van der Waals surface area contributed by atoms with Crippen molar-refractivity contribution in [2.45, 2.75) is 0 Å². The fraction of sp³-hybridized carbons (Fsp3) is 0. The van der Waals surface area contributed by atoms with Crippen molar-refractivity contribution in [1.82, 2.24) is 0 Å². The van der Waals surface area contributed by atoms with Gasteiger partial charge in [0.25, 0.3) is 0 Å². The zero-order chi connectivity index (χ0) is 16.1. The van der Waals surface area contributed by atoms with Crippen LogP contribution in [0.1, 0.15) is 1.43 Å². The van der Waals surface area contributed by atoms with Crippen LogP contribution >= 0.6 is 7.82 Å². The topological polar surface area (TPSA) is 225 Å². The molecular weight excluding hydrogens is 312 g/mol. The quantitative estimate of drug-likeness (QED) is 0.253. The Morgan fingerprint density at radius 2 is 0.857 bits per heavy atom. The van der Waals surface area contributed by atoms with Gasteiger partial charge in [-0.3, -0.25) is 14.4 Å². The Morgan fingerprint density at radius 3 is 1.00 bits per heavy atom. The fourth-order valence-corrected chi connectivity index (χ4v) is 1.49. The zero-order valence-corrected chi connectivity index (χ0v) is 11.2. The van der Waals surface area contributed by atoms with Gasteiger partial charge in [0.05, 0.1) is 0 Å². The number of nitrogens with two attached hydrogens (primary N) is 3. The third kappa shape index (κ3) is 7.11. The summed E-state index contributed by atoms with van der Waals surface area (Å²) >= 11 is 0. The summed E-state index contributed by atoms with van der Waals surface area (Å²) < 4.78 is 22.6. The number of phosphoric ester groups is 1. The molecule has 0 aliphatic rings. The maximum Gasteiger partial charge on any atom is 1.00 e. The predicted molar refractivity (Wildman–Crippen MR) is 54.6 cm³/mol. The molecule has 13 nitrogen and oxygen atoms in total. The monoisotopic (exact) mass is 319 g/mol. The molecule has 0 aliphatic heterocycles. The Kier molecular flexibility index (Phi) is 8.03. The molecule has 0 radical (unpaired) electrons. The molecule has 0 heterocycles. The molecule has 0 atom stereocenters. The molecule has 0 fully saturated rings. The number of primary amides is 3. The van der Waals surface area contributed by atoms with Gasteiger partial charge in [-0.15, -0.1) is 0 Å². The zero-order valence-electron chi connectivity index (χ0n) is 11.3. The smallest absolute Gasteiger partial charge is 1.00 e. The maximum absolute atomic E-state index is 11.6. The first-order chi connectivity index (χ1) is 8.98. The fourth-order valence-electron chi connectivity index (χ4n) is 0.495. The van der Waals surface area contributed by atoms with Crippen molar-refractivity contribution in [3.63, 3.8) is 0 Å². The van der Waals surface area contributed by atoms with Gasteiger partial charge in [-0.2, -0.15) is 4.57 Å². The Hall–Kier alpha value is -2.35. The average Bonchev–Trinajstić information content (AvgIpc) is 2.27. The molecular formula is C6H7LiN3O10P. The summed E-state index contributed by atoms with van der Waals surface area (Å²) in [5.74, 6) is -11.6. The van der Waals surface area contributed by atoms with E-state index in [1.54, 1.807) is 0 Å². The Morgan fingerprint density at radius 1 is 0.667 bits per heavy atom. The third-order valence-electron chi connectivity index (χ3n) is 1.19. The van der Waals surface area contributed by atoms with Gasteiger partial charge in [0.2, 0.25) is 0 Å². The molecule has 0 aromatic rings. The minimum atomic E-state index is -5.50. The van der Waals surface area contributed by atoms with Crippen molar-refractivity contribution < 1.29 is 67.2 Å². The van der Waals surface area contributed by atoms with E-state index in [0.29, 0.717) is 0 Å². The Labute approximate surface area is 128 Å². The van der Waals surface area contributed by atoms with Crippen molar-refractivity contribution in [1.29, 1.82) is 0 Å². The molecule has 6 N–H and O–H groups in total. The second-order valence-corrected chi connectivity index (χ2v) is 4.12. The Bertz CT molecular complexity index is 489. The first-order valence-electron chi connectivity index (χ1n) is 4.18. The van der Waals surface area contributed by atoms with Gasteiger partial charge in [-0.1, -0.05) is 0 Å².